The lowest BCUT2D eigenvalue weighted by Crippen LogP contribution is -2.34. The predicted octanol–water partition coefficient (Wildman–Crippen LogP) is 4.57. The molecule has 112 valence electrons. The SMILES string of the molecule is CCc1ccc(CC(NC)C(CC)c2ccccc2)cc1. The second-order valence-corrected chi connectivity index (χ2v) is 5.69. The molecule has 0 radical (unpaired) electrons. The highest BCUT2D eigenvalue weighted by atomic mass is 14.9. The molecule has 0 heterocycles. The zero-order chi connectivity index (χ0) is 15.1. The van der Waals surface area contributed by atoms with Crippen LogP contribution in [0.1, 0.15) is 42.9 Å². The Balaban J connectivity index is 2.13. The highest BCUT2D eigenvalue weighted by Gasteiger charge is 2.20. The molecule has 0 spiro atoms. The zero-order valence-electron chi connectivity index (χ0n) is 13.5. The van der Waals surface area contributed by atoms with E-state index in [-0.39, 0.29) is 0 Å². The number of hydrogen-bond acceptors (Lipinski definition) is 1. The molecule has 0 fully saturated rings. The topological polar surface area (TPSA) is 12.0 Å². The van der Waals surface area contributed by atoms with Crippen molar-refractivity contribution >= 4 is 0 Å². The second-order valence-electron chi connectivity index (χ2n) is 5.69. The summed E-state index contributed by atoms with van der Waals surface area (Å²) in [5.74, 6) is 0.557. The lowest BCUT2D eigenvalue weighted by molar-refractivity contribution is 0.448. The van der Waals surface area contributed by atoms with E-state index in [1.165, 1.54) is 16.7 Å². The Kier molecular flexibility index (Phi) is 6.01. The highest BCUT2D eigenvalue weighted by Crippen LogP contribution is 2.25. The first-order chi connectivity index (χ1) is 10.3. The number of likely N-dealkylation sites (N-methyl/N-ethyl adjacent to an activating group) is 1. The van der Waals surface area contributed by atoms with E-state index in [4.69, 9.17) is 0 Å². The first-order valence-corrected chi connectivity index (χ1v) is 8.08. The fourth-order valence-electron chi connectivity index (χ4n) is 3.06. The van der Waals surface area contributed by atoms with Gasteiger partial charge in [0, 0.05) is 6.04 Å². The molecule has 1 nitrogen and oxygen atoms in total. The molecule has 2 aromatic carbocycles. The van der Waals surface area contributed by atoms with Crippen molar-refractivity contribution in [3.8, 4) is 0 Å². The summed E-state index contributed by atoms with van der Waals surface area (Å²) in [6.45, 7) is 4.48. The molecule has 0 saturated heterocycles. The Labute approximate surface area is 129 Å². The van der Waals surface area contributed by atoms with Crippen molar-refractivity contribution in [3.05, 3.63) is 71.3 Å². The van der Waals surface area contributed by atoms with Crippen LogP contribution < -0.4 is 5.32 Å². The maximum absolute atomic E-state index is 3.53. The summed E-state index contributed by atoms with van der Waals surface area (Å²) < 4.78 is 0. The average molecular weight is 281 g/mol. The van der Waals surface area contributed by atoms with E-state index in [0.29, 0.717) is 12.0 Å². The zero-order valence-corrected chi connectivity index (χ0v) is 13.5. The molecule has 0 amide bonds. The Hall–Kier alpha value is -1.60. The third-order valence-electron chi connectivity index (χ3n) is 4.41. The number of rotatable bonds is 7. The van der Waals surface area contributed by atoms with Crippen LogP contribution >= 0.6 is 0 Å². The lowest BCUT2D eigenvalue weighted by Gasteiger charge is -2.26. The largest absolute Gasteiger partial charge is 0.316 e. The van der Waals surface area contributed by atoms with E-state index in [0.717, 1.165) is 19.3 Å². The fraction of sp³-hybridized carbons (Fsp3) is 0.400. The molecule has 2 rings (SSSR count). The van der Waals surface area contributed by atoms with E-state index in [9.17, 15) is 0 Å². The molecule has 2 aromatic rings. The molecule has 0 aliphatic rings. The van der Waals surface area contributed by atoms with Gasteiger partial charge >= 0.3 is 0 Å². The molecule has 1 N–H and O–H groups in total. The molecule has 2 unspecified atom stereocenters. The smallest absolute Gasteiger partial charge is 0.0173 e. The van der Waals surface area contributed by atoms with Gasteiger partial charge in [-0.3, -0.25) is 0 Å². The minimum absolute atomic E-state index is 0.477. The molecule has 0 saturated carbocycles. The van der Waals surface area contributed by atoms with E-state index < -0.39 is 0 Å². The fourth-order valence-corrected chi connectivity index (χ4v) is 3.06. The maximum atomic E-state index is 3.53. The summed E-state index contributed by atoms with van der Waals surface area (Å²) in [5.41, 5.74) is 4.26. The van der Waals surface area contributed by atoms with Crippen molar-refractivity contribution in [1.29, 1.82) is 0 Å². The first-order valence-electron chi connectivity index (χ1n) is 8.08. The van der Waals surface area contributed by atoms with Gasteiger partial charge in [-0.2, -0.15) is 0 Å². The van der Waals surface area contributed by atoms with E-state index >= 15 is 0 Å². The summed E-state index contributed by atoms with van der Waals surface area (Å²) in [6, 6.07) is 20.4. The van der Waals surface area contributed by atoms with Gasteiger partial charge in [0.1, 0.15) is 0 Å². The quantitative estimate of drug-likeness (QED) is 0.783. The van der Waals surface area contributed by atoms with Crippen LogP contribution in [0.5, 0.6) is 0 Å². The van der Waals surface area contributed by atoms with Gasteiger partial charge in [0.2, 0.25) is 0 Å². The number of nitrogens with one attached hydrogen (secondary N) is 1. The van der Waals surface area contributed by atoms with Crippen LogP contribution in [0.15, 0.2) is 54.6 Å². The van der Waals surface area contributed by atoms with Gasteiger partial charge in [0.05, 0.1) is 0 Å². The van der Waals surface area contributed by atoms with Gasteiger partial charge in [0.25, 0.3) is 0 Å². The van der Waals surface area contributed by atoms with Gasteiger partial charge in [0.15, 0.2) is 0 Å². The molecule has 2 atom stereocenters. The van der Waals surface area contributed by atoms with Gasteiger partial charge in [-0.05, 0) is 48.9 Å². The summed E-state index contributed by atoms with van der Waals surface area (Å²) >= 11 is 0. The Morgan fingerprint density at radius 1 is 0.857 bits per heavy atom. The third kappa shape index (κ3) is 4.18. The van der Waals surface area contributed by atoms with Crippen molar-refractivity contribution in [3.63, 3.8) is 0 Å². The normalized spacial score (nSPS) is 13.9. The molecule has 0 bridgehead atoms. The summed E-state index contributed by atoms with van der Waals surface area (Å²) in [6.07, 6.45) is 3.34. The third-order valence-corrected chi connectivity index (χ3v) is 4.41. The molecule has 0 aliphatic heterocycles. The number of aryl methyl sites for hydroxylation is 1. The number of benzene rings is 2. The van der Waals surface area contributed by atoms with Crippen molar-refractivity contribution < 1.29 is 0 Å². The van der Waals surface area contributed by atoms with Crippen molar-refractivity contribution in [2.75, 3.05) is 7.05 Å². The summed E-state index contributed by atoms with van der Waals surface area (Å²) in [5, 5.41) is 3.53. The molecular weight excluding hydrogens is 254 g/mol. The van der Waals surface area contributed by atoms with Crippen molar-refractivity contribution in [2.24, 2.45) is 0 Å². The monoisotopic (exact) mass is 281 g/mol. The van der Waals surface area contributed by atoms with Gasteiger partial charge in [-0.25, -0.2) is 0 Å². The Morgan fingerprint density at radius 2 is 1.48 bits per heavy atom. The standard InChI is InChI=1S/C20H27N/c1-4-16-11-13-17(14-12-16)15-20(21-3)19(5-2)18-9-7-6-8-10-18/h6-14,19-21H,4-5,15H2,1-3H3. The van der Waals surface area contributed by atoms with Crippen LogP contribution in [0.3, 0.4) is 0 Å². The molecule has 0 aromatic heterocycles. The minimum atomic E-state index is 0.477. The predicted molar refractivity (Wildman–Crippen MR) is 91.8 cm³/mol. The lowest BCUT2D eigenvalue weighted by atomic mass is 9.85. The molecule has 1 heteroatoms. The van der Waals surface area contributed by atoms with Crippen LogP contribution in [-0.2, 0) is 12.8 Å². The maximum Gasteiger partial charge on any atom is 0.0173 e. The van der Waals surface area contributed by atoms with E-state index in [2.05, 4.69) is 80.8 Å². The molecule has 21 heavy (non-hydrogen) atoms. The summed E-state index contributed by atoms with van der Waals surface area (Å²) in [7, 11) is 2.08. The van der Waals surface area contributed by atoms with Gasteiger partial charge in [-0.15, -0.1) is 0 Å². The van der Waals surface area contributed by atoms with Crippen LogP contribution in [0, 0.1) is 0 Å². The minimum Gasteiger partial charge on any atom is -0.316 e. The Bertz CT molecular complexity index is 515. The van der Waals surface area contributed by atoms with Crippen molar-refractivity contribution in [1.82, 2.24) is 5.32 Å². The van der Waals surface area contributed by atoms with E-state index in [1.807, 2.05) is 0 Å². The molecule has 0 aliphatic carbocycles. The first kappa shape index (κ1) is 15.8. The van der Waals surface area contributed by atoms with Crippen LogP contribution in [0.2, 0.25) is 0 Å². The average Bonchev–Trinajstić information content (AvgIpc) is 2.56. The van der Waals surface area contributed by atoms with Crippen molar-refractivity contribution in [2.45, 2.75) is 45.1 Å². The van der Waals surface area contributed by atoms with Crippen LogP contribution in [-0.4, -0.2) is 13.1 Å². The molecular formula is C20H27N. The second kappa shape index (κ2) is 7.99. The number of hydrogen-bond donors (Lipinski definition) is 1. The summed E-state index contributed by atoms with van der Waals surface area (Å²) in [4.78, 5) is 0. The van der Waals surface area contributed by atoms with Gasteiger partial charge < -0.3 is 5.32 Å². The van der Waals surface area contributed by atoms with Crippen LogP contribution in [0.25, 0.3) is 0 Å². The van der Waals surface area contributed by atoms with Crippen LogP contribution in [0.4, 0.5) is 0 Å². The van der Waals surface area contributed by atoms with E-state index in [1.54, 1.807) is 0 Å². The highest BCUT2D eigenvalue weighted by molar-refractivity contribution is 5.26. The Morgan fingerprint density at radius 3 is 2.00 bits per heavy atom. The van der Waals surface area contributed by atoms with Gasteiger partial charge in [-0.1, -0.05) is 68.4 Å².